The van der Waals surface area contributed by atoms with E-state index >= 15 is 0 Å². The number of benzene rings is 2. The van der Waals surface area contributed by atoms with Gasteiger partial charge in [-0.1, -0.05) is 18.2 Å². The number of ether oxygens (including phenoxy) is 1. The van der Waals surface area contributed by atoms with Gasteiger partial charge in [0.2, 0.25) is 0 Å². The van der Waals surface area contributed by atoms with E-state index in [0.29, 0.717) is 23.8 Å². The molecule has 1 saturated heterocycles. The highest BCUT2D eigenvalue weighted by Crippen LogP contribution is 2.29. The summed E-state index contributed by atoms with van der Waals surface area (Å²) >= 11 is 1.20. The molecule has 158 valence electrons. The zero-order chi connectivity index (χ0) is 21.3. The van der Waals surface area contributed by atoms with Crippen LogP contribution in [0.3, 0.4) is 0 Å². The zero-order valence-corrected chi connectivity index (χ0v) is 18.2. The van der Waals surface area contributed by atoms with Crippen molar-refractivity contribution < 1.29 is 19.4 Å². The molecule has 4 rings (SSSR count). The van der Waals surface area contributed by atoms with Crippen molar-refractivity contribution in [3.63, 3.8) is 0 Å². The van der Waals surface area contributed by atoms with Gasteiger partial charge in [0.15, 0.2) is 11.2 Å². The molecule has 30 heavy (non-hydrogen) atoms. The number of para-hydroxylation sites is 1. The quantitative estimate of drug-likeness (QED) is 0.620. The fraction of sp³-hybridized carbons (Fsp3) is 0.238. The first-order chi connectivity index (χ1) is 14.3. The van der Waals surface area contributed by atoms with Crippen molar-refractivity contribution in [2.45, 2.75) is 31.3 Å². The number of rotatable bonds is 6. The number of hydrogen-bond acceptors (Lipinski definition) is 6. The molecule has 1 N–H and O–H groups in total. The molecule has 1 unspecified atom stereocenters. The largest absolute Gasteiger partial charge is 0.480 e. The van der Waals surface area contributed by atoms with Gasteiger partial charge in [-0.15, -0.1) is 11.3 Å². The third-order valence-corrected chi connectivity index (χ3v) is 7.11. The van der Waals surface area contributed by atoms with Gasteiger partial charge in [-0.25, -0.2) is 13.4 Å². The molecule has 1 aliphatic heterocycles. The summed E-state index contributed by atoms with van der Waals surface area (Å²) in [4.78, 5) is 18.6. The van der Waals surface area contributed by atoms with Crippen molar-refractivity contribution in [3.8, 4) is 5.75 Å². The molecule has 0 bridgehead atoms. The predicted molar refractivity (Wildman–Crippen MR) is 119 cm³/mol. The molecule has 1 fully saturated rings. The number of carbonyl (C=O) groups excluding carboxylic acids is 1. The Labute approximate surface area is 180 Å². The molecule has 0 radical (unpaired) electrons. The summed E-state index contributed by atoms with van der Waals surface area (Å²) < 4.78 is 33.4. The maximum Gasteiger partial charge on any atom is 0.268 e. The smallest absolute Gasteiger partial charge is 0.268 e. The van der Waals surface area contributed by atoms with E-state index in [1.807, 2.05) is 32.0 Å². The van der Waals surface area contributed by atoms with E-state index in [9.17, 15) is 13.2 Å². The second kappa shape index (κ2) is 8.08. The summed E-state index contributed by atoms with van der Waals surface area (Å²) in [5.74, 6) is 0.613. The third-order valence-electron chi connectivity index (χ3n) is 4.94. The molecule has 3 aromatic rings. The van der Waals surface area contributed by atoms with Gasteiger partial charge in [-0.2, -0.15) is 0 Å². The Morgan fingerprint density at radius 3 is 2.50 bits per heavy atom. The second-order valence-corrected chi connectivity index (χ2v) is 9.62. The van der Waals surface area contributed by atoms with E-state index in [4.69, 9.17) is 4.74 Å². The molecule has 1 aliphatic rings. The van der Waals surface area contributed by atoms with Crippen molar-refractivity contribution in [3.05, 3.63) is 65.2 Å². The third kappa shape index (κ3) is 4.03. The lowest BCUT2D eigenvalue weighted by Gasteiger charge is -2.19. The van der Waals surface area contributed by atoms with Gasteiger partial charge in [-0.05, 0) is 49.2 Å². The molecular weight excluding hydrogens is 422 g/mol. The summed E-state index contributed by atoms with van der Waals surface area (Å²) in [6, 6.07) is 12.1. The lowest BCUT2D eigenvalue weighted by atomic mass is 10.1. The van der Waals surface area contributed by atoms with Gasteiger partial charge in [-0.3, -0.25) is 9.52 Å². The standard InChI is InChI=1S/C21H21N3O4S2.H2/c1-14-4-3-5-15(2)19(14)28-18-10-12-24(20(18)25)16-6-8-17(9-7-16)30(26,27)23-21-22-11-13-29-21;/h3-9,11,13,18H,10,12H2,1-2H3,(H,22,23);1H. The Morgan fingerprint density at radius 1 is 1.17 bits per heavy atom. The molecular formula is C21H23N3O4S2. The van der Waals surface area contributed by atoms with Crippen LogP contribution in [-0.2, 0) is 14.8 Å². The minimum absolute atomic E-state index is 0. The Morgan fingerprint density at radius 2 is 1.87 bits per heavy atom. The van der Waals surface area contributed by atoms with Crippen LogP contribution in [0.1, 0.15) is 19.0 Å². The molecule has 0 aliphatic carbocycles. The Balaban J connectivity index is 0.00000272. The Hall–Kier alpha value is -2.91. The Bertz CT molecular complexity index is 1150. The highest BCUT2D eigenvalue weighted by atomic mass is 32.2. The molecule has 7 nitrogen and oxygen atoms in total. The molecule has 0 spiro atoms. The molecule has 2 aromatic carbocycles. The zero-order valence-electron chi connectivity index (χ0n) is 16.5. The van der Waals surface area contributed by atoms with Crippen LogP contribution < -0.4 is 14.4 Å². The fourth-order valence-corrected chi connectivity index (χ4v) is 5.19. The van der Waals surface area contributed by atoms with Gasteiger partial charge in [0.1, 0.15) is 5.75 Å². The van der Waals surface area contributed by atoms with Gasteiger partial charge in [0.05, 0.1) is 4.90 Å². The van der Waals surface area contributed by atoms with Gasteiger partial charge < -0.3 is 9.64 Å². The Kier molecular flexibility index (Phi) is 5.48. The summed E-state index contributed by atoms with van der Waals surface area (Å²) in [5, 5.41) is 2.00. The van der Waals surface area contributed by atoms with E-state index < -0.39 is 16.1 Å². The number of carbonyl (C=O) groups is 1. The van der Waals surface area contributed by atoms with E-state index in [1.165, 1.54) is 29.7 Å². The summed E-state index contributed by atoms with van der Waals surface area (Å²) in [7, 11) is -3.73. The number of thiazole rings is 1. The fourth-order valence-electron chi connectivity index (χ4n) is 3.40. The molecule has 1 aromatic heterocycles. The number of sulfonamides is 1. The van der Waals surface area contributed by atoms with Crippen LogP contribution in [0.5, 0.6) is 5.75 Å². The van der Waals surface area contributed by atoms with E-state index in [0.717, 1.165) is 16.9 Å². The normalized spacial score (nSPS) is 16.7. The molecule has 2 heterocycles. The lowest BCUT2D eigenvalue weighted by molar-refractivity contribution is -0.122. The van der Waals surface area contributed by atoms with Crippen LogP contribution in [0.25, 0.3) is 0 Å². The number of aryl methyl sites for hydroxylation is 2. The minimum Gasteiger partial charge on any atom is -0.480 e. The van der Waals surface area contributed by atoms with Crippen LogP contribution in [0.4, 0.5) is 10.8 Å². The first kappa shape index (κ1) is 20.4. The summed E-state index contributed by atoms with van der Waals surface area (Å²) in [5.41, 5.74) is 2.62. The predicted octanol–water partition coefficient (Wildman–Crippen LogP) is 3.99. The first-order valence-corrected chi connectivity index (χ1v) is 11.8. The topological polar surface area (TPSA) is 88.6 Å². The average molecular weight is 446 g/mol. The van der Waals surface area contributed by atoms with Crippen molar-refractivity contribution >= 4 is 38.1 Å². The van der Waals surface area contributed by atoms with Crippen LogP contribution in [0, 0.1) is 13.8 Å². The minimum atomic E-state index is -3.73. The van der Waals surface area contributed by atoms with E-state index in [-0.39, 0.29) is 12.2 Å². The highest BCUT2D eigenvalue weighted by Gasteiger charge is 2.35. The monoisotopic (exact) mass is 445 g/mol. The van der Waals surface area contributed by atoms with Crippen molar-refractivity contribution in [2.75, 3.05) is 16.2 Å². The molecule has 1 atom stereocenters. The van der Waals surface area contributed by atoms with Crippen LogP contribution in [-0.4, -0.2) is 32.0 Å². The number of nitrogens with zero attached hydrogens (tertiary/aromatic N) is 2. The van der Waals surface area contributed by atoms with Gasteiger partial charge in [0.25, 0.3) is 15.9 Å². The van der Waals surface area contributed by atoms with Crippen molar-refractivity contribution in [2.24, 2.45) is 0 Å². The summed E-state index contributed by atoms with van der Waals surface area (Å²) in [6.45, 7) is 4.43. The number of nitrogens with one attached hydrogen (secondary N) is 1. The van der Waals surface area contributed by atoms with Crippen LogP contribution in [0.15, 0.2) is 58.9 Å². The van der Waals surface area contributed by atoms with E-state index in [1.54, 1.807) is 22.4 Å². The number of hydrogen-bond donors (Lipinski definition) is 1. The average Bonchev–Trinajstić information content (AvgIpc) is 3.34. The SMILES string of the molecule is Cc1cccc(C)c1OC1CCN(c2ccc(S(=O)(=O)Nc3nccs3)cc2)C1=O.[HH]. The molecule has 9 heteroatoms. The second-order valence-electron chi connectivity index (χ2n) is 7.04. The number of amides is 1. The maximum absolute atomic E-state index is 12.9. The van der Waals surface area contributed by atoms with Crippen LogP contribution >= 0.6 is 11.3 Å². The van der Waals surface area contributed by atoms with Crippen molar-refractivity contribution in [1.29, 1.82) is 0 Å². The number of anilines is 2. The molecule has 1 amide bonds. The van der Waals surface area contributed by atoms with E-state index in [2.05, 4.69) is 9.71 Å². The van der Waals surface area contributed by atoms with Crippen molar-refractivity contribution in [1.82, 2.24) is 4.98 Å². The summed E-state index contributed by atoms with van der Waals surface area (Å²) in [6.07, 6.45) is 1.54. The number of aromatic nitrogens is 1. The highest BCUT2D eigenvalue weighted by molar-refractivity contribution is 7.93. The van der Waals surface area contributed by atoms with Gasteiger partial charge >= 0.3 is 0 Å². The molecule has 0 saturated carbocycles. The van der Waals surface area contributed by atoms with Crippen LogP contribution in [0.2, 0.25) is 0 Å². The van der Waals surface area contributed by atoms with Gasteiger partial charge in [0, 0.05) is 31.7 Å². The lowest BCUT2D eigenvalue weighted by Crippen LogP contribution is -2.32. The first-order valence-electron chi connectivity index (χ1n) is 9.42. The maximum atomic E-state index is 12.9.